The highest BCUT2D eigenvalue weighted by Gasteiger charge is 2.19. The molecule has 2 atom stereocenters. The molecule has 0 aliphatic rings. The van der Waals surface area contributed by atoms with Gasteiger partial charge in [0.05, 0.1) is 17.9 Å². The van der Waals surface area contributed by atoms with E-state index in [9.17, 15) is 19.1 Å². The molecule has 0 saturated carbocycles. The molecule has 0 bridgehead atoms. The van der Waals surface area contributed by atoms with E-state index in [0.717, 1.165) is 5.56 Å². The van der Waals surface area contributed by atoms with E-state index < -0.39 is 29.7 Å². The number of nitrogens with one attached hydrogen (secondary N) is 1. The molecule has 0 radical (unpaired) electrons. The van der Waals surface area contributed by atoms with Crippen LogP contribution in [0.4, 0.5) is 4.39 Å². The van der Waals surface area contributed by atoms with Crippen molar-refractivity contribution in [3.63, 3.8) is 0 Å². The van der Waals surface area contributed by atoms with Crippen LogP contribution in [0.25, 0.3) is 11.1 Å². The summed E-state index contributed by atoms with van der Waals surface area (Å²) >= 11 is 0. The first-order valence-electron chi connectivity index (χ1n) is 7.26. The average molecular weight is 314 g/mol. The van der Waals surface area contributed by atoms with E-state index in [-0.39, 0.29) is 0 Å². The van der Waals surface area contributed by atoms with Crippen LogP contribution < -0.4 is 10.4 Å². The van der Waals surface area contributed by atoms with Crippen molar-refractivity contribution in [2.24, 2.45) is 0 Å². The van der Waals surface area contributed by atoms with Crippen molar-refractivity contribution in [3.8, 4) is 11.1 Å². The van der Waals surface area contributed by atoms with Crippen LogP contribution in [-0.4, -0.2) is 17.9 Å². The quantitative estimate of drug-likeness (QED) is 0.915. The highest BCUT2D eigenvalue weighted by molar-refractivity contribution is 5.87. The molecule has 1 N–H and O–H groups in total. The Morgan fingerprint density at radius 2 is 1.74 bits per heavy atom. The SMILES string of the molecule is C[C@H](NC(=O)[C@H](C)c1ccc(-c2ccccc2)c(F)c1)C(=O)[O-]. The molecule has 4 nitrogen and oxygen atoms in total. The Morgan fingerprint density at radius 1 is 1.09 bits per heavy atom. The predicted octanol–water partition coefficient (Wildman–Crippen LogP) is 1.85. The lowest BCUT2D eigenvalue weighted by atomic mass is 9.96. The lowest BCUT2D eigenvalue weighted by molar-refractivity contribution is -0.307. The zero-order valence-corrected chi connectivity index (χ0v) is 12.9. The number of rotatable bonds is 5. The topological polar surface area (TPSA) is 69.2 Å². The molecule has 0 aliphatic heterocycles. The lowest BCUT2D eigenvalue weighted by Crippen LogP contribution is -2.47. The molecule has 0 saturated heterocycles. The molecule has 0 aliphatic carbocycles. The van der Waals surface area contributed by atoms with Crippen LogP contribution in [0.15, 0.2) is 48.5 Å². The van der Waals surface area contributed by atoms with Crippen LogP contribution in [0.2, 0.25) is 0 Å². The largest absolute Gasteiger partial charge is 0.548 e. The van der Waals surface area contributed by atoms with Crippen molar-refractivity contribution in [1.82, 2.24) is 5.32 Å². The zero-order valence-electron chi connectivity index (χ0n) is 12.9. The predicted molar refractivity (Wildman–Crippen MR) is 82.9 cm³/mol. The van der Waals surface area contributed by atoms with E-state index in [1.807, 2.05) is 18.2 Å². The van der Waals surface area contributed by atoms with Crippen LogP contribution in [0.3, 0.4) is 0 Å². The third kappa shape index (κ3) is 3.94. The number of benzene rings is 2. The maximum Gasteiger partial charge on any atom is 0.227 e. The minimum atomic E-state index is -1.36. The fourth-order valence-corrected chi connectivity index (χ4v) is 2.20. The van der Waals surface area contributed by atoms with Crippen LogP contribution >= 0.6 is 0 Å². The zero-order chi connectivity index (χ0) is 17.0. The van der Waals surface area contributed by atoms with Crippen molar-refractivity contribution in [1.29, 1.82) is 0 Å². The van der Waals surface area contributed by atoms with E-state index >= 15 is 0 Å². The molecule has 23 heavy (non-hydrogen) atoms. The van der Waals surface area contributed by atoms with Gasteiger partial charge in [0.1, 0.15) is 5.82 Å². The van der Waals surface area contributed by atoms with Gasteiger partial charge in [-0.05, 0) is 31.0 Å². The minimum absolute atomic E-state index is 0.429. The summed E-state index contributed by atoms with van der Waals surface area (Å²) in [5, 5.41) is 13.0. The Bertz CT molecular complexity index is 715. The number of aliphatic carboxylic acids is 1. The molecule has 5 heteroatoms. The van der Waals surface area contributed by atoms with Gasteiger partial charge in [0.15, 0.2) is 0 Å². The Kier molecular flexibility index (Phi) is 5.11. The monoisotopic (exact) mass is 314 g/mol. The van der Waals surface area contributed by atoms with Crippen molar-refractivity contribution >= 4 is 11.9 Å². The van der Waals surface area contributed by atoms with E-state index in [1.165, 1.54) is 13.0 Å². The maximum atomic E-state index is 14.3. The highest BCUT2D eigenvalue weighted by Crippen LogP contribution is 2.26. The van der Waals surface area contributed by atoms with Crippen molar-refractivity contribution in [2.75, 3.05) is 0 Å². The van der Waals surface area contributed by atoms with E-state index in [0.29, 0.717) is 11.1 Å². The summed E-state index contributed by atoms with van der Waals surface area (Å²) in [5.41, 5.74) is 1.68. The second-order valence-corrected chi connectivity index (χ2v) is 5.38. The molecular formula is C18H17FNO3-. The third-order valence-electron chi connectivity index (χ3n) is 3.68. The summed E-state index contributed by atoms with van der Waals surface area (Å²) in [6.07, 6.45) is 0. The summed E-state index contributed by atoms with van der Waals surface area (Å²) in [4.78, 5) is 22.7. The van der Waals surface area contributed by atoms with E-state index in [1.54, 1.807) is 31.2 Å². The summed E-state index contributed by atoms with van der Waals surface area (Å²) in [6.45, 7) is 2.91. The summed E-state index contributed by atoms with van der Waals surface area (Å²) in [7, 11) is 0. The number of halogens is 1. The fourth-order valence-electron chi connectivity index (χ4n) is 2.20. The molecule has 2 aromatic carbocycles. The molecule has 0 aromatic heterocycles. The number of carbonyl (C=O) groups is 2. The molecule has 0 spiro atoms. The number of hydrogen-bond donors (Lipinski definition) is 1. The number of hydrogen-bond acceptors (Lipinski definition) is 3. The molecule has 120 valence electrons. The molecule has 2 aromatic rings. The van der Waals surface area contributed by atoms with Gasteiger partial charge in [-0.15, -0.1) is 0 Å². The number of carboxylic acids is 1. The smallest absolute Gasteiger partial charge is 0.227 e. The molecule has 1 amide bonds. The van der Waals surface area contributed by atoms with Crippen molar-refractivity contribution in [2.45, 2.75) is 25.8 Å². The standard InChI is InChI=1S/C18H18FNO3/c1-11(17(21)20-12(2)18(22)23)14-8-9-15(16(19)10-14)13-6-4-3-5-7-13/h3-12H,1-2H3,(H,20,21)(H,22,23)/p-1/t11-,12+/m1/s1. The molecule has 0 unspecified atom stereocenters. The van der Waals surface area contributed by atoms with Gasteiger partial charge < -0.3 is 15.2 Å². The lowest BCUT2D eigenvalue weighted by Gasteiger charge is -2.18. The summed E-state index contributed by atoms with van der Waals surface area (Å²) in [6, 6.07) is 12.6. The summed E-state index contributed by atoms with van der Waals surface area (Å²) in [5.74, 6) is -2.96. The Balaban J connectivity index is 2.20. The number of carboxylic acid groups (broad SMARTS) is 1. The highest BCUT2D eigenvalue weighted by atomic mass is 19.1. The van der Waals surface area contributed by atoms with Crippen LogP contribution in [0.1, 0.15) is 25.3 Å². The van der Waals surface area contributed by atoms with Gasteiger partial charge in [-0.2, -0.15) is 0 Å². The minimum Gasteiger partial charge on any atom is -0.548 e. The Hall–Kier alpha value is -2.69. The molecule has 0 heterocycles. The maximum absolute atomic E-state index is 14.3. The van der Waals surface area contributed by atoms with Gasteiger partial charge in [0.25, 0.3) is 0 Å². The van der Waals surface area contributed by atoms with Gasteiger partial charge in [0.2, 0.25) is 5.91 Å². The Labute approximate surface area is 134 Å². The van der Waals surface area contributed by atoms with Crippen LogP contribution in [0.5, 0.6) is 0 Å². The fraction of sp³-hybridized carbons (Fsp3) is 0.222. The average Bonchev–Trinajstić information content (AvgIpc) is 2.54. The first-order valence-corrected chi connectivity index (χ1v) is 7.26. The van der Waals surface area contributed by atoms with Crippen LogP contribution in [-0.2, 0) is 9.59 Å². The van der Waals surface area contributed by atoms with E-state index in [4.69, 9.17) is 0 Å². The second-order valence-electron chi connectivity index (χ2n) is 5.38. The molecular weight excluding hydrogens is 297 g/mol. The van der Waals surface area contributed by atoms with Gasteiger partial charge in [-0.3, -0.25) is 4.79 Å². The first-order chi connectivity index (χ1) is 10.9. The normalized spacial score (nSPS) is 13.2. The summed E-state index contributed by atoms with van der Waals surface area (Å²) < 4.78 is 14.3. The van der Waals surface area contributed by atoms with Crippen molar-refractivity contribution in [3.05, 3.63) is 59.9 Å². The first kappa shape index (κ1) is 16.7. The van der Waals surface area contributed by atoms with E-state index in [2.05, 4.69) is 5.32 Å². The number of amides is 1. The Morgan fingerprint density at radius 3 is 2.30 bits per heavy atom. The molecule has 2 rings (SSSR count). The van der Waals surface area contributed by atoms with Gasteiger partial charge in [-0.25, -0.2) is 4.39 Å². The van der Waals surface area contributed by atoms with Crippen LogP contribution in [0, 0.1) is 5.82 Å². The third-order valence-corrected chi connectivity index (χ3v) is 3.68. The molecule has 0 fully saturated rings. The van der Waals surface area contributed by atoms with Crippen molar-refractivity contribution < 1.29 is 19.1 Å². The second kappa shape index (κ2) is 7.05. The van der Waals surface area contributed by atoms with Gasteiger partial charge >= 0.3 is 0 Å². The number of carbonyl (C=O) groups excluding carboxylic acids is 2. The van der Waals surface area contributed by atoms with Gasteiger partial charge in [0, 0.05) is 5.56 Å². The van der Waals surface area contributed by atoms with Gasteiger partial charge in [-0.1, -0.05) is 42.5 Å².